The minimum absolute atomic E-state index is 0.405. The number of carbonyl (C=O) groups excluding carboxylic acids is 2. The zero-order chi connectivity index (χ0) is 16.5. The maximum Gasteiger partial charge on any atom is 0.334 e. The molecule has 0 aliphatic rings. The van der Waals surface area contributed by atoms with Gasteiger partial charge in [0.15, 0.2) is 0 Å². The first kappa shape index (κ1) is 16.8. The molecule has 1 aromatic heterocycles. The van der Waals surface area contributed by atoms with Crippen LogP contribution in [-0.2, 0) is 0 Å². The fourth-order valence-electron chi connectivity index (χ4n) is 1.77. The number of thiol groups is 1. The summed E-state index contributed by atoms with van der Waals surface area (Å²) in [7, 11) is 0. The van der Waals surface area contributed by atoms with Crippen LogP contribution in [0.15, 0.2) is 48.7 Å². The lowest BCUT2D eigenvalue weighted by atomic mass is 10.2. The molecule has 2 N–H and O–H groups in total. The number of hydrogen-bond acceptors (Lipinski definition) is 6. The Labute approximate surface area is 139 Å². The van der Waals surface area contributed by atoms with E-state index in [1.165, 1.54) is 0 Å². The quantitative estimate of drug-likeness (QED) is 0.556. The summed E-state index contributed by atoms with van der Waals surface area (Å²) in [6.07, 6.45) is 2.26. The zero-order valence-electron chi connectivity index (χ0n) is 12.3. The smallest absolute Gasteiger partial charge is 0.334 e. The number of nitrogens with zero attached hydrogens (tertiary/aromatic N) is 3. The number of urea groups is 1. The molecule has 0 saturated carbocycles. The first-order valence-corrected chi connectivity index (χ1v) is 7.46. The predicted molar refractivity (Wildman–Crippen MR) is 90.1 cm³/mol. The molecule has 1 aromatic carbocycles. The molecule has 2 aromatic rings. The van der Waals surface area contributed by atoms with E-state index < -0.39 is 11.9 Å². The van der Waals surface area contributed by atoms with Gasteiger partial charge in [0.05, 0.1) is 0 Å². The number of nitrogens with one attached hydrogen (secondary N) is 2. The average molecular weight is 331 g/mol. The standard InChI is InChI=1S/C15H17N5O2S/c21-14(12-6-2-1-3-7-12)20(23)15(22)17-10-5-9-16-13-8-4-11-18-19-13/h1-4,6-8,11,23H,5,9-10H2,(H,16,19)(H,17,22). The Bertz CT molecular complexity index is 639. The fourth-order valence-corrected chi connectivity index (χ4v) is 1.95. The third-order valence-corrected chi connectivity index (χ3v) is 3.28. The largest absolute Gasteiger partial charge is 0.369 e. The van der Waals surface area contributed by atoms with Gasteiger partial charge >= 0.3 is 6.03 Å². The molecule has 3 amide bonds. The fraction of sp³-hybridized carbons (Fsp3) is 0.200. The Hall–Kier alpha value is -2.61. The van der Waals surface area contributed by atoms with Crippen molar-refractivity contribution in [3.63, 3.8) is 0 Å². The van der Waals surface area contributed by atoms with Gasteiger partial charge in [0.2, 0.25) is 0 Å². The predicted octanol–water partition coefficient (Wildman–Crippen LogP) is 1.98. The molecule has 0 radical (unpaired) electrons. The van der Waals surface area contributed by atoms with Crippen molar-refractivity contribution in [2.75, 3.05) is 18.4 Å². The minimum Gasteiger partial charge on any atom is -0.369 e. The number of hydrogen-bond donors (Lipinski definition) is 3. The van der Waals surface area contributed by atoms with Gasteiger partial charge in [0.25, 0.3) is 5.91 Å². The molecule has 7 nitrogen and oxygen atoms in total. The molecule has 0 bridgehead atoms. The molecule has 0 fully saturated rings. The molecular formula is C15H17N5O2S. The highest BCUT2D eigenvalue weighted by Crippen LogP contribution is 2.07. The van der Waals surface area contributed by atoms with Gasteiger partial charge in [-0.3, -0.25) is 4.79 Å². The second-order valence-electron chi connectivity index (χ2n) is 4.60. The summed E-state index contributed by atoms with van der Waals surface area (Å²) in [5.41, 5.74) is 0.405. The van der Waals surface area contributed by atoms with Crippen LogP contribution in [0.1, 0.15) is 16.8 Å². The molecule has 23 heavy (non-hydrogen) atoms. The van der Waals surface area contributed by atoms with Gasteiger partial charge in [-0.1, -0.05) is 31.0 Å². The zero-order valence-corrected chi connectivity index (χ0v) is 13.2. The van der Waals surface area contributed by atoms with Gasteiger partial charge in [-0.2, -0.15) is 5.10 Å². The molecule has 0 unspecified atom stereocenters. The summed E-state index contributed by atoms with van der Waals surface area (Å²) in [5.74, 6) is 0.207. The lowest BCUT2D eigenvalue weighted by Crippen LogP contribution is -2.38. The first-order valence-electron chi connectivity index (χ1n) is 7.06. The maximum absolute atomic E-state index is 12.0. The summed E-state index contributed by atoms with van der Waals surface area (Å²) in [6, 6.07) is 11.5. The van der Waals surface area contributed by atoms with Crippen LogP contribution in [0.25, 0.3) is 0 Å². The lowest BCUT2D eigenvalue weighted by Gasteiger charge is -2.15. The second kappa shape index (κ2) is 8.74. The van der Waals surface area contributed by atoms with Gasteiger partial charge in [0, 0.05) is 24.8 Å². The SMILES string of the molecule is O=C(NCCCNc1cccnn1)N(S)C(=O)c1ccccc1. The van der Waals surface area contributed by atoms with Crippen LogP contribution in [0, 0.1) is 0 Å². The molecule has 0 saturated heterocycles. The number of rotatable bonds is 6. The number of anilines is 1. The molecule has 0 spiro atoms. The van der Waals surface area contributed by atoms with E-state index in [1.54, 1.807) is 48.7 Å². The van der Waals surface area contributed by atoms with Crippen molar-refractivity contribution >= 4 is 30.6 Å². The van der Waals surface area contributed by atoms with Crippen molar-refractivity contribution in [1.82, 2.24) is 19.8 Å². The number of carbonyl (C=O) groups is 2. The number of aromatic nitrogens is 2. The Morgan fingerprint density at radius 2 is 1.87 bits per heavy atom. The van der Waals surface area contributed by atoms with E-state index in [0.29, 0.717) is 30.9 Å². The summed E-state index contributed by atoms with van der Waals surface area (Å²) >= 11 is 3.95. The van der Waals surface area contributed by atoms with Crippen molar-refractivity contribution in [2.24, 2.45) is 0 Å². The van der Waals surface area contributed by atoms with Crippen molar-refractivity contribution in [3.05, 3.63) is 54.2 Å². The Morgan fingerprint density at radius 3 is 2.57 bits per heavy atom. The van der Waals surface area contributed by atoms with Gasteiger partial charge in [-0.25, -0.2) is 9.10 Å². The van der Waals surface area contributed by atoms with Crippen LogP contribution < -0.4 is 10.6 Å². The van der Waals surface area contributed by atoms with E-state index in [1.807, 2.05) is 0 Å². The van der Waals surface area contributed by atoms with Gasteiger partial charge in [-0.15, -0.1) is 5.10 Å². The maximum atomic E-state index is 12.0. The van der Waals surface area contributed by atoms with Crippen LogP contribution in [0.2, 0.25) is 0 Å². The van der Waals surface area contributed by atoms with Gasteiger partial charge < -0.3 is 10.6 Å². The van der Waals surface area contributed by atoms with Crippen LogP contribution >= 0.6 is 12.8 Å². The van der Waals surface area contributed by atoms with Gasteiger partial charge in [0.1, 0.15) is 5.82 Å². The molecular weight excluding hydrogens is 314 g/mol. The highest BCUT2D eigenvalue weighted by atomic mass is 32.1. The monoisotopic (exact) mass is 331 g/mol. The van der Waals surface area contributed by atoms with E-state index in [0.717, 1.165) is 4.31 Å². The number of imide groups is 1. The summed E-state index contributed by atoms with van der Waals surface area (Å²) in [6.45, 7) is 1.03. The number of benzene rings is 1. The third kappa shape index (κ3) is 5.26. The highest BCUT2D eigenvalue weighted by molar-refractivity contribution is 7.79. The lowest BCUT2D eigenvalue weighted by molar-refractivity contribution is 0.0895. The summed E-state index contributed by atoms with van der Waals surface area (Å²) in [5, 5.41) is 13.3. The molecule has 1 heterocycles. The number of amides is 3. The van der Waals surface area contributed by atoms with E-state index in [-0.39, 0.29) is 0 Å². The van der Waals surface area contributed by atoms with Crippen molar-refractivity contribution < 1.29 is 9.59 Å². The summed E-state index contributed by atoms with van der Waals surface area (Å²) in [4.78, 5) is 23.9. The minimum atomic E-state index is -0.554. The topological polar surface area (TPSA) is 87.2 Å². The van der Waals surface area contributed by atoms with Crippen LogP contribution in [0.4, 0.5) is 10.6 Å². The molecule has 0 aliphatic heterocycles. The van der Waals surface area contributed by atoms with Crippen molar-refractivity contribution in [2.45, 2.75) is 6.42 Å². The van der Waals surface area contributed by atoms with Crippen LogP contribution in [-0.4, -0.2) is 39.5 Å². The Balaban J connectivity index is 1.69. The summed E-state index contributed by atoms with van der Waals surface area (Å²) < 4.78 is 0.769. The Morgan fingerprint density at radius 1 is 1.09 bits per heavy atom. The van der Waals surface area contributed by atoms with Crippen LogP contribution in [0.5, 0.6) is 0 Å². The average Bonchev–Trinajstić information content (AvgIpc) is 2.61. The van der Waals surface area contributed by atoms with E-state index in [4.69, 9.17) is 0 Å². The Kier molecular flexibility index (Phi) is 6.37. The highest BCUT2D eigenvalue weighted by Gasteiger charge is 2.18. The molecule has 0 atom stereocenters. The first-order chi connectivity index (χ1) is 11.2. The van der Waals surface area contributed by atoms with E-state index >= 15 is 0 Å². The molecule has 120 valence electrons. The molecule has 2 rings (SSSR count). The molecule has 0 aliphatic carbocycles. The third-order valence-electron chi connectivity index (χ3n) is 2.91. The molecule has 8 heteroatoms. The van der Waals surface area contributed by atoms with Crippen LogP contribution in [0.3, 0.4) is 0 Å². The van der Waals surface area contributed by atoms with Gasteiger partial charge in [-0.05, 0) is 30.7 Å². The van der Waals surface area contributed by atoms with Crippen molar-refractivity contribution in [1.29, 1.82) is 0 Å². The second-order valence-corrected chi connectivity index (χ2v) is 5.00. The van der Waals surface area contributed by atoms with E-state index in [9.17, 15) is 9.59 Å². The normalized spacial score (nSPS) is 9.96. The van der Waals surface area contributed by atoms with E-state index in [2.05, 4.69) is 33.6 Å². The van der Waals surface area contributed by atoms with Crippen molar-refractivity contribution in [3.8, 4) is 0 Å².